The Kier molecular flexibility index (Phi) is 12.4. The zero-order chi connectivity index (χ0) is 51.7. The van der Waals surface area contributed by atoms with Crippen molar-refractivity contribution in [3.05, 3.63) is 248 Å². The SMILES string of the molecule is C/C(=C\c1ccc(C)cc1)c1cc(C)c(N(c2ccc(C)cc2)c2ccc3c4ccc(C)c5c(N(c6ccc(C)cc6)c6c(C)cc(/C(C)=C/c7ccc(C)cc7)cc6C)ccc(c6ccc(C)c2c63)c54)c(C)c1. The van der Waals surface area contributed by atoms with Gasteiger partial charge in [0.15, 0.2) is 0 Å². The summed E-state index contributed by atoms with van der Waals surface area (Å²) in [5, 5.41) is 10.3. The van der Waals surface area contributed by atoms with Crippen LogP contribution in [0.3, 0.4) is 0 Å². The van der Waals surface area contributed by atoms with Gasteiger partial charge in [0.2, 0.25) is 0 Å². The van der Waals surface area contributed by atoms with Gasteiger partial charge in [-0.25, -0.2) is 0 Å². The first-order valence-corrected chi connectivity index (χ1v) is 26.2. The number of rotatable bonds is 10. The summed E-state index contributed by atoms with van der Waals surface area (Å²) in [6.07, 6.45) is 4.60. The van der Waals surface area contributed by atoms with E-state index in [1.807, 2.05) is 0 Å². The number of hydrogen-bond acceptors (Lipinski definition) is 2. The Balaban J connectivity index is 1.11. The van der Waals surface area contributed by atoms with E-state index >= 15 is 0 Å². The van der Waals surface area contributed by atoms with Crippen molar-refractivity contribution in [3.63, 3.8) is 0 Å². The molecule has 364 valence electrons. The summed E-state index contributed by atoms with van der Waals surface area (Å²) in [6.45, 7) is 26.8. The Morgan fingerprint density at radius 3 is 0.892 bits per heavy atom. The quantitative estimate of drug-likeness (QED) is 0.0766. The van der Waals surface area contributed by atoms with Gasteiger partial charge in [0.1, 0.15) is 0 Å². The van der Waals surface area contributed by atoms with E-state index in [2.05, 4.69) is 275 Å². The van der Waals surface area contributed by atoms with Crippen LogP contribution in [0, 0.1) is 69.2 Å². The van der Waals surface area contributed by atoms with E-state index in [1.54, 1.807) is 0 Å². The normalized spacial score (nSPS) is 12.2. The highest BCUT2D eigenvalue weighted by Crippen LogP contribution is 2.52. The summed E-state index contributed by atoms with van der Waals surface area (Å²) >= 11 is 0. The maximum atomic E-state index is 2.53. The molecule has 0 aliphatic carbocycles. The Morgan fingerprint density at radius 1 is 0.297 bits per heavy atom. The molecule has 0 aliphatic rings. The summed E-state index contributed by atoms with van der Waals surface area (Å²) < 4.78 is 0. The van der Waals surface area contributed by atoms with E-state index < -0.39 is 0 Å². The van der Waals surface area contributed by atoms with Gasteiger partial charge in [-0.05, 0) is 243 Å². The molecule has 2 heteroatoms. The first kappa shape index (κ1) is 48.1. The maximum Gasteiger partial charge on any atom is 0.0543 e. The topological polar surface area (TPSA) is 6.48 Å². The molecule has 74 heavy (non-hydrogen) atoms. The minimum absolute atomic E-state index is 1.15. The van der Waals surface area contributed by atoms with Crippen molar-refractivity contribution in [1.82, 2.24) is 0 Å². The van der Waals surface area contributed by atoms with Gasteiger partial charge in [0.05, 0.1) is 22.7 Å². The molecule has 0 atom stereocenters. The zero-order valence-electron chi connectivity index (χ0n) is 45.2. The molecule has 0 N–H and O–H groups in total. The number of aryl methyl sites for hydroxylation is 10. The first-order chi connectivity index (χ1) is 35.6. The van der Waals surface area contributed by atoms with Gasteiger partial charge in [-0.1, -0.05) is 144 Å². The fourth-order valence-corrected chi connectivity index (χ4v) is 11.8. The van der Waals surface area contributed by atoms with Crippen molar-refractivity contribution < 1.29 is 0 Å². The fraction of sp³-hybridized carbons (Fsp3) is 0.167. The molecule has 0 aromatic heterocycles. The lowest BCUT2D eigenvalue weighted by Gasteiger charge is -2.32. The van der Waals surface area contributed by atoms with Crippen molar-refractivity contribution in [2.24, 2.45) is 0 Å². The smallest absolute Gasteiger partial charge is 0.0543 e. The number of hydrogen-bond donors (Lipinski definition) is 0. The molecule has 2 nitrogen and oxygen atoms in total. The summed E-state index contributed by atoms with van der Waals surface area (Å²) in [6, 6.07) is 64.3. The van der Waals surface area contributed by atoms with Crippen molar-refractivity contribution in [1.29, 1.82) is 0 Å². The van der Waals surface area contributed by atoms with Gasteiger partial charge >= 0.3 is 0 Å². The molecule has 0 spiro atoms. The van der Waals surface area contributed by atoms with E-state index in [9.17, 15) is 0 Å². The fourth-order valence-electron chi connectivity index (χ4n) is 11.8. The molecule has 0 aliphatic heterocycles. The predicted molar refractivity (Wildman–Crippen MR) is 324 cm³/mol. The highest BCUT2D eigenvalue weighted by molar-refractivity contribution is 6.36. The molecule has 0 fully saturated rings. The minimum Gasteiger partial charge on any atom is -0.309 e. The van der Waals surface area contributed by atoms with Gasteiger partial charge < -0.3 is 9.80 Å². The maximum absolute atomic E-state index is 2.53. The number of benzene rings is 11. The van der Waals surface area contributed by atoms with Crippen LogP contribution in [0.4, 0.5) is 34.1 Å². The average Bonchev–Trinajstić information content (AvgIpc) is 3.41. The predicted octanol–water partition coefficient (Wildman–Crippen LogP) is 20.9. The Morgan fingerprint density at radius 2 is 0.581 bits per heavy atom. The Labute approximate surface area is 438 Å². The van der Waals surface area contributed by atoms with Crippen LogP contribution in [0.25, 0.3) is 66.4 Å². The van der Waals surface area contributed by atoms with Crippen LogP contribution >= 0.6 is 0 Å². The third-order valence-corrected chi connectivity index (χ3v) is 15.6. The monoisotopic (exact) mass is 959 g/mol. The number of fused-ring (bicyclic) bond motifs is 2. The lowest BCUT2D eigenvalue weighted by Crippen LogP contribution is -2.14. The molecule has 0 bridgehead atoms. The van der Waals surface area contributed by atoms with Crippen LogP contribution in [0.15, 0.2) is 170 Å². The average molecular weight is 959 g/mol. The molecular formula is C72H66N2. The zero-order valence-corrected chi connectivity index (χ0v) is 45.2. The minimum atomic E-state index is 1.15. The highest BCUT2D eigenvalue weighted by atomic mass is 15.2. The lowest BCUT2D eigenvalue weighted by atomic mass is 9.85. The van der Waals surface area contributed by atoms with Crippen LogP contribution in [0.1, 0.15) is 91.7 Å². The molecule has 11 aromatic rings. The Hall–Kier alpha value is -8.20. The molecule has 0 unspecified atom stereocenters. The van der Waals surface area contributed by atoms with Crippen molar-refractivity contribution in [2.45, 2.75) is 83.1 Å². The molecular weight excluding hydrogens is 893 g/mol. The van der Waals surface area contributed by atoms with Gasteiger partial charge in [0, 0.05) is 22.1 Å². The van der Waals surface area contributed by atoms with E-state index in [-0.39, 0.29) is 0 Å². The summed E-state index contributed by atoms with van der Waals surface area (Å²) in [4.78, 5) is 5.06. The first-order valence-electron chi connectivity index (χ1n) is 26.2. The van der Waals surface area contributed by atoms with Crippen LogP contribution in [-0.4, -0.2) is 0 Å². The van der Waals surface area contributed by atoms with Crippen molar-refractivity contribution in [2.75, 3.05) is 9.80 Å². The molecule has 11 aromatic carbocycles. The van der Waals surface area contributed by atoms with Crippen molar-refractivity contribution in [3.8, 4) is 0 Å². The lowest BCUT2D eigenvalue weighted by molar-refractivity contribution is 1.22. The third kappa shape index (κ3) is 8.52. The molecule has 11 rings (SSSR count). The van der Waals surface area contributed by atoms with Crippen LogP contribution in [-0.2, 0) is 0 Å². The van der Waals surface area contributed by atoms with Gasteiger partial charge in [-0.15, -0.1) is 0 Å². The number of nitrogens with zero attached hydrogens (tertiary/aromatic N) is 2. The number of allylic oxidation sites excluding steroid dienone is 2. The Bertz CT molecular complexity index is 3700. The largest absolute Gasteiger partial charge is 0.309 e. The van der Waals surface area contributed by atoms with Crippen LogP contribution in [0.5, 0.6) is 0 Å². The van der Waals surface area contributed by atoms with E-state index in [0.717, 1.165) is 11.4 Å². The van der Waals surface area contributed by atoms with Crippen molar-refractivity contribution >= 4 is 101 Å². The van der Waals surface area contributed by atoms with E-state index in [0.29, 0.717) is 0 Å². The van der Waals surface area contributed by atoms with E-state index in [1.165, 1.54) is 155 Å². The summed E-state index contributed by atoms with van der Waals surface area (Å²) in [5.41, 5.74) is 27.0. The van der Waals surface area contributed by atoms with Crippen LogP contribution < -0.4 is 9.80 Å². The van der Waals surface area contributed by atoms with Gasteiger partial charge in [0.25, 0.3) is 0 Å². The van der Waals surface area contributed by atoms with Gasteiger partial charge in [-0.3, -0.25) is 0 Å². The van der Waals surface area contributed by atoms with E-state index in [4.69, 9.17) is 0 Å². The third-order valence-electron chi connectivity index (χ3n) is 15.6. The summed E-state index contributed by atoms with van der Waals surface area (Å²) in [5.74, 6) is 0. The molecule has 0 heterocycles. The second-order valence-electron chi connectivity index (χ2n) is 21.4. The summed E-state index contributed by atoms with van der Waals surface area (Å²) in [7, 11) is 0. The standard InChI is InChI=1S/C72H66N2/c1-43-13-23-55(24-14-43)37-49(7)57-39-51(9)71(52(10)40-57)73(59-27-17-45(3)18-28-59)65-35-33-63-62-32-22-48(6)68-66(36-34-64(70(62)68)61-31-21-47(5)67(65)69(61)63)74(60-29-19-46(4)20-30-60)72-53(11)41-58(42-54(72)12)50(8)38-56-25-15-44(2)16-26-56/h13-42H,1-12H3/b49-37+,50-38+. The molecule has 0 amide bonds. The second kappa shape index (κ2) is 19.0. The molecule has 0 saturated heterocycles. The second-order valence-corrected chi connectivity index (χ2v) is 21.4. The molecule has 0 saturated carbocycles. The highest BCUT2D eigenvalue weighted by Gasteiger charge is 2.27. The van der Waals surface area contributed by atoms with Crippen LogP contribution in [0.2, 0.25) is 0 Å². The molecule has 0 radical (unpaired) electrons. The number of anilines is 6. The van der Waals surface area contributed by atoms with Gasteiger partial charge in [-0.2, -0.15) is 0 Å².